The summed E-state index contributed by atoms with van der Waals surface area (Å²) in [6, 6.07) is 10.9. The van der Waals surface area contributed by atoms with Gasteiger partial charge in [-0.05, 0) is 64.2 Å². The fraction of sp³-hybridized carbons (Fsp3) is 0.714. The van der Waals surface area contributed by atoms with Crippen molar-refractivity contribution in [2.75, 3.05) is 7.05 Å². The normalized spacial score (nSPS) is 28.4. The van der Waals surface area contributed by atoms with Crippen molar-refractivity contribution in [1.29, 1.82) is 0 Å². The number of benzene rings is 1. The minimum Gasteiger partial charge on any atom is -0.405 e. The van der Waals surface area contributed by atoms with Crippen LogP contribution in [0.25, 0.3) is 0 Å². The summed E-state index contributed by atoms with van der Waals surface area (Å²) in [6.45, 7) is 22.8. The molecule has 1 aromatic carbocycles. The molecule has 4 nitrogen and oxygen atoms in total. The molecular formula is C21H41N2O2PSi2. The lowest BCUT2D eigenvalue weighted by Gasteiger charge is -2.45. The number of hydrogen-bond acceptors (Lipinski definition) is 3. The smallest absolute Gasteiger partial charge is 0.184 e. The molecule has 0 amide bonds. The van der Waals surface area contributed by atoms with Crippen LogP contribution in [0.4, 0.5) is 0 Å². The van der Waals surface area contributed by atoms with Crippen LogP contribution in [-0.4, -0.2) is 40.2 Å². The second-order valence-corrected chi connectivity index (χ2v) is 23.2. The predicted molar refractivity (Wildman–Crippen MR) is 128 cm³/mol. The summed E-state index contributed by atoms with van der Waals surface area (Å²) in [7, 11) is -3.69. The molecule has 7 heteroatoms. The minimum atomic E-state index is -2.33. The van der Waals surface area contributed by atoms with Crippen LogP contribution in [-0.2, 0) is 8.95 Å². The SMILES string of the molecule is C[C@H]1[C@@H](c2ccccc2)OP(=N[Si](C)(C)C)([C@@H](O[Si](C)(C)C)C(C)(C)C)N1C. The number of hydrogen-bond donors (Lipinski definition) is 0. The Hall–Kier alpha value is -0.236. The molecule has 1 unspecified atom stereocenters. The van der Waals surface area contributed by atoms with E-state index in [2.05, 4.69) is 109 Å². The summed E-state index contributed by atoms with van der Waals surface area (Å²) < 4.78 is 22.0. The van der Waals surface area contributed by atoms with Crippen molar-refractivity contribution >= 4 is 24.0 Å². The molecule has 0 aromatic heterocycles. The first-order valence-electron chi connectivity index (χ1n) is 10.3. The van der Waals surface area contributed by atoms with Crippen molar-refractivity contribution in [2.24, 2.45) is 9.83 Å². The highest BCUT2D eigenvalue weighted by atomic mass is 31.2. The summed E-state index contributed by atoms with van der Waals surface area (Å²) in [4.78, 5) is 0. The van der Waals surface area contributed by atoms with E-state index in [-0.39, 0.29) is 23.4 Å². The van der Waals surface area contributed by atoms with Gasteiger partial charge >= 0.3 is 0 Å². The van der Waals surface area contributed by atoms with Gasteiger partial charge in [0, 0.05) is 6.04 Å². The number of rotatable bonds is 5. The van der Waals surface area contributed by atoms with Gasteiger partial charge in [-0.15, -0.1) is 0 Å². The molecule has 1 aliphatic heterocycles. The van der Waals surface area contributed by atoms with E-state index in [4.69, 9.17) is 13.4 Å². The quantitative estimate of drug-likeness (QED) is 0.359. The zero-order valence-corrected chi connectivity index (χ0v) is 22.7. The molecule has 4 atom stereocenters. The summed E-state index contributed by atoms with van der Waals surface area (Å²) in [5.41, 5.74) is 1.17. The molecule has 160 valence electrons. The Morgan fingerprint density at radius 3 is 2.04 bits per heavy atom. The van der Waals surface area contributed by atoms with Gasteiger partial charge in [0.15, 0.2) is 24.0 Å². The van der Waals surface area contributed by atoms with Gasteiger partial charge in [-0.1, -0.05) is 51.1 Å². The Bertz CT molecular complexity index is 721. The first-order chi connectivity index (χ1) is 12.6. The minimum absolute atomic E-state index is 0.0229. The molecule has 0 bridgehead atoms. The van der Waals surface area contributed by atoms with Crippen molar-refractivity contribution in [1.82, 2.24) is 4.67 Å². The van der Waals surface area contributed by atoms with Crippen LogP contribution in [0, 0.1) is 5.41 Å². The monoisotopic (exact) mass is 440 g/mol. The van der Waals surface area contributed by atoms with Crippen LogP contribution in [0.3, 0.4) is 0 Å². The highest BCUT2D eigenvalue weighted by molar-refractivity contribution is 7.61. The van der Waals surface area contributed by atoms with Gasteiger partial charge in [0.1, 0.15) is 11.9 Å². The molecule has 0 aliphatic carbocycles. The molecule has 0 radical (unpaired) electrons. The fourth-order valence-electron chi connectivity index (χ4n) is 3.65. The third-order valence-electron chi connectivity index (χ3n) is 4.83. The molecule has 28 heavy (non-hydrogen) atoms. The largest absolute Gasteiger partial charge is 0.405 e. The van der Waals surface area contributed by atoms with Crippen LogP contribution >= 0.6 is 7.43 Å². The lowest BCUT2D eigenvalue weighted by molar-refractivity contribution is 0.129. The van der Waals surface area contributed by atoms with Crippen LogP contribution in [0.5, 0.6) is 0 Å². The molecule has 0 saturated carbocycles. The van der Waals surface area contributed by atoms with Crippen LogP contribution in [0.2, 0.25) is 39.3 Å². The number of nitrogens with zero attached hydrogens (tertiary/aromatic N) is 2. The molecule has 1 fully saturated rings. The molecule has 1 heterocycles. The van der Waals surface area contributed by atoms with Gasteiger partial charge in [0.2, 0.25) is 0 Å². The van der Waals surface area contributed by atoms with Crippen molar-refractivity contribution < 1.29 is 8.95 Å². The van der Waals surface area contributed by atoms with E-state index in [0.29, 0.717) is 0 Å². The van der Waals surface area contributed by atoms with Gasteiger partial charge in [-0.25, -0.2) is 4.67 Å². The predicted octanol–water partition coefficient (Wildman–Crippen LogP) is 7.17. The van der Waals surface area contributed by atoms with Gasteiger partial charge < -0.3 is 13.4 Å². The topological polar surface area (TPSA) is 34.1 Å². The van der Waals surface area contributed by atoms with Crippen molar-refractivity contribution in [3.8, 4) is 0 Å². The van der Waals surface area contributed by atoms with Gasteiger partial charge in [-0.3, -0.25) is 0 Å². The Morgan fingerprint density at radius 1 is 1.07 bits per heavy atom. The van der Waals surface area contributed by atoms with Gasteiger partial charge in [0.05, 0.1) is 0 Å². The van der Waals surface area contributed by atoms with Crippen LogP contribution in [0.15, 0.2) is 34.7 Å². The fourth-order valence-corrected chi connectivity index (χ4v) is 13.7. The van der Waals surface area contributed by atoms with E-state index < -0.39 is 24.0 Å². The average Bonchev–Trinajstić information content (AvgIpc) is 2.76. The summed E-state index contributed by atoms with van der Waals surface area (Å²) in [5.74, 6) is -0.0282. The summed E-state index contributed by atoms with van der Waals surface area (Å²) >= 11 is 0. The zero-order chi connectivity index (χ0) is 21.5. The maximum atomic E-state index is 7.07. The molecular weight excluding hydrogens is 399 g/mol. The highest BCUT2D eigenvalue weighted by Gasteiger charge is 2.54. The first kappa shape index (κ1) is 24.0. The van der Waals surface area contributed by atoms with E-state index in [0.717, 1.165) is 0 Å². The highest BCUT2D eigenvalue weighted by Crippen LogP contribution is 2.71. The zero-order valence-electron chi connectivity index (χ0n) is 19.8. The second-order valence-electron chi connectivity index (χ2n) is 11.1. The standard InChI is InChI=1S/C21H41N2O2PSi2/c1-17-19(18-15-13-12-14-16-18)24-26(23(17)5,22-27(6,7)8)20(21(2,3)4)25-28(9,10)11/h12-17,19-20H,1-11H3/t17-,19-,20+,26?/m0/s1. The Kier molecular flexibility index (Phi) is 6.97. The number of likely N-dealkylation sites (N-methyl/N-ethyl adjacent to an activating group) is 1. The lowest BCUT2D eigenvalue weighted by Crippen LogP contribution is -2.42. The van der Waals surface area contributed by atoms with Crippen molar-refractivity contribution in [3.05, 3.63) is 35.9 Å². The third-order valence-corrected chi connectivity index (χ3v) is 12.8. The molecule has 1 aromatic rings. The Balaban J connectivity index is 2.69. The third kappa shape index (κ3) is 5.47. The average molecular weight is 441 g/mol. The molecule has 1 saturated heterocycles. The van der Waals surface area contributed by atoms with E-state index in [1.54, 1.807) is 0 Å². The molecule has 1 aliphatic rings. The van der Waals surface area contributed by atoms with E-state index in [1.807, 2.05) is 0 Å². The summed E-state index contributed by atoms with van der Waals surface area (Å²) in [5, 5.41) is 0. The Morgan fingerprint density at radius 2 is 1.61 bits per heavy atom. The van der Waals surface area contributed by atoms with E-state index >= 15 is 0 Å². The van der Waals surface area contributed by atoms with Crippen molar-refractivity contribution in [3.63, 3.8) is 0 Å². The summed E-state index contributed by atoms with van der Waals surface area (Å²) in [6.07, 6.45) is 0.0229. The maximum absolute atomic E-state index is 7.07. The second kappa shape index (κ2) is 8.12. The Labute approximate surface area is 175 Å². The lowest BCUT2D eigenvalue weighted by atomic mass is 9.98. The molecule has 0 N–H and O–H groups in total. The van der Waals surface area contributed by atoms with Crippen LogP contribution in [0.1, 0.15) is 39.4 Å². The van der Waals surface area contributed by atoms with Gasteiger partial charge in [-0.2, -0.15) is 0 Å². The van der Waals surface area contributed by atoms with E-state index in [1.165, 1.54) is 5.56 Å². The maximum Gasteiger partial charge on any atom is 0.184 e. The van der Waals surface area contributed by atoms with Crippen molar-refractivity contribution in [2.45, 2.75) is 85.0 Å². The molecule has 0 spiro atoms. The van der Waals surface area contributed by atoms with E-state index in [9.17, 15) is 0 Å². The molecule has 2 rings (SSSR count). The van der Waals surface area contributed by atoms with Gasteiger partial charge in [0.25, 0.3) is 0 Å². The van der Waals surface area contributed by atoms with Crippen LogP contribution < -0.4 is 0 Å². The first-order valence-corrected chi connectivity index (χ1v) is 18.9.